The lowest BCUT2D eigenvalue weighted by Crippen LogP contribution is -2.55. The fourth-order valence-corrected chi connectivity index (χ4v) is 3.78. The van der Waals surface area contributed by atoms with Crippen LogP contribution >= 0.6 is 24.0 Å². The lowest BCUT2D eigenvalue weighted by molar-refractivity contribution is -0.142. The Morgan fingerprint density at radius 2 is 1.90 bits per heavy atom. The van der Waals surface area contributed by atoms with E-state index in [2.05, 4.69) is 51.4 Å². The smallest absolute Gasteiger partial charge is 0.251 e. The lowest BCUT2D eigenvalue weighted by atomic mass is 10.2. The van der Waals surface area contributed by atoms with Crippen LogP contribution in [0.4, 0.5) is 0 Å². The molecule has 2 fully saturated rings. The molecule has 1 unspecified atom stereocenters. The molecular weight excluding hydrogens is 481 g/mol. The van der Waals surface area contributed by atoms with Crippen LogP contribution in [0.3, 0.4) is 0 Å². The number of piperazine rings is 1. The maximum absolute atomic E-state index is 12.5. The van der Waals surface area contributed by atoms with Gasteiger partial charge in [-0.25, -0.2) is 0 Å². The minimum Gasteiger partial charge on any atom is -0.368 e. The third-order valence-electron chi connectivity index (χ3n) is 5.38. The van der Waals surface area contributed by atoms with Crippen molar-refractivity contribution in [2.75, 3.05) is 60.0 Å². The molecule has 2 heterocycles. The molecule has 3 rings (SSSR count). The molecule has 7 nitrogen and oxygen atoms in total. The zero-order valence-corrected chi connectivity index (χ0v) is 19.9. The number of benzene rings is 1. The number of nitrogens with zero attached hydrogens (tertiary/aromatic N) is 4. The summed E-state index contributed by atoms with van der Waals surface area (Å²) in [4.78, 5) is 23.4. The van der Waals surface area contributed by atoms with Gasteiger partial charge in [-0.15, -0.1) is 24.0 Å². The highest BCUT2D eigenvalue weighted by atomic mass is 127. The third kappa shape index (κ3) is 7.11. The molecule has 1 N–H and O–H groups in total. The SMILES string of the molecule is CN=C(NCCN(C)Cc1ccccc1)N1CCN(C(=O)C2CCCO2)CC1.I. The zero-order chi connectivity index (χ0) is 19.8. The van der Waals surface area contributed by atoms with Gasteiger partial charge < -0.3 is 24.8 Å². The summed E-state index contributed by atoms with van der Waals surface area (Å²) in [6.45, 7) is 6.49. The quantitative estimate of drug-likeness (QED) is 0.355. The van der Waals surface area contributed by atoms with Crippen molar-refractivity contribution >= 4 is 35.8 Å². The molecule has 0 aliphatic carbocycles. The molecule has 29 heavy (non-hydrogen) atoms. The first-order valence-corrected chi connectivity index (χ1v) is 10.3. The number of likely N-dealkylation sites (N-methyl/N-ethyl adjacent to an activating group) is 1. The molecule has 0 spiro atoms. The van der Waals surface area contributed by atoms with Crippen molar-refractivity contribution in [1.82, 2.24) is 20.0 Å². The second kappa shape index (κ2) is 12.3. The molecule has 1 atom stereocenters. The summed E-state index contributed by atoms with van der Waals surface area (Å²) < 4.78 is 5.54. The second-order valence-corrected chi connectivity index (χ2v) is 7.51. The second-order valence-electron chi connectivity index (χ2n) is 7.51. The number of ether oxygens (including phenoxy) is 1. The number of hydrogen-bond acceptors (Lipinski definition) is 4. The molecule has 8 heteroatoms. The number of carbonyl (C=O) groups excluding carboxylic acids is 1. The summed E-state index contributed by atoms with van der Waals surface area (Å²) in [5.41, 5.74) is 1.32. The summed E-state index contributed by atoms with van der Waals surface area (Å²) in [5, 5.41) is 3.46. The molecule has 162 valence electrons. The first-order chi connectivity index (χ1) is 13.7. The average molecular weight is 515 g/mol. The van der Waals surface area contributed by atoms with Gasteiger partial charge >= 0.3 is 0 Å². The normalized spacial score (nSPS) is 20.0. The fourth-order valence-electron chi connectivity index (χ4n) is 3.78. The van der Waals surface area contributed by atoms with Crippen molar-refractivity contribution in [2.45, 2.75) is 25.5 Å². The van der Waals surface area contributed by atoms with Crippen LogP contribution in [0.25, 0.3) is 0 Å². The first kappa shape index (κ1) is 23.9. The Bertz CT molecular complexity index is 644. The Morgan fingerprint density at radius 1 is 1.21 bits per heavy atom. The van der Waals surface area contributed by atoms with Crippen molar-refractivity contribution in [3.05, 3.63) is 35.9 Å². The zero-order valence-electron chi connectivity index (χ0n) is 17.5. The van der Waals surface area contributed by atoms with Crippen LogP contribution in [0.15, 0.2) is 35.3 Å². The van der Waals surface area contributed by atoms with Crippen LogP contribution in [0.1, 0.15) is 18.4 Å². The minimum atomic E-state index is -0.218. The maximum atomic E-state index is 12.5. The molecule has 1 amide bonds. The van der Waals surface area contributed by atoms with Gasteiger partial charge in [0.25, 0.3) is 5.91 Å². The van der Waals surface area contributed by atoms with E-state index in [1.807, 2.05) is 18.0 Å². The summed E-state index contributed by atoms with van der Waals surface area (Å²) in [5.74, 6) is 1.07. The molecule has 1 aromatic rings. The lowest BCUT2D eigenvalue weighted by Gasteiger charge is -2.37. The number of rotatable bonds is 6. The highest BCUT2D eigenvalue weighted by Crippen LogP contribution is 2.16. The van der Waals surface area contributed by atoms with E-state index in [1.54, 1.807) is 0 Å². The Morgan fingerprint density at radius 3 is 2.52 bits per heavy atom. The Balaban J connectivity index is 0.00000300. The molecule has 2 aliphatic heterocycles. The molecule has 0 saturated carbocycles. The van der Waals surface area contributed by atoms with Crippen molar-refractivity contribution in [2.24, 2.45) is 4.99 Å². The van der Waals surface area contributed by atoms with Gasteiger partial charge in [-0.05, 0) is 25.5 Å². The fraction of sp³-hybridized carbons (Fsp3) is 0.619. The van der Waals surface area contributed by atoms with E-state index in [4.69, 9.17) is 4.74 Å². The summed E-state index contributed by atoms with van der Waals surface area (Å²) in [6.07, 6.45) is 1.63. The molecule has 2 aliphatic rings. The van der Waals surface area contributed by atoms with E-state index in [1.165, 1.54) is 5.56 Å². The number of guanidine groups is 1. The topological polar surface area (TPSA) is 60.4 Å². The van der Waals surface area contributed by atoms with E-state index >= 15 is 0 Å². The summed E-state index contributed by atoms with van der Waals surface area (Å²) >= 11 is 0. The van der Waals surface area contributed by atoms with E-state index in [0.717, 1.165) is 64.6 Å². The van der Waals surface area contributed by atoms with Gasteiger partial charge in [-0.2, -0.15) is 0 Å². The van der Waals surface area contributed by atoms with E-state index in [-0.39, 0.29) is 36.0 Å². The van der Waals surface area contributed by atoms with Crippen LogP contribution in [-0.2, 0) is 16.1 Å². The average Bonchev–Trinajstić information content (AvgIpc) is 3.26. The third-order valence-corrected chi connectivity index (χ3v) is 5.38. The number of nitrogens with one attached hydrogen (secondary N) is 1. The highest BCUT2D eigenvalue weighted by Gasteiger charge is 2.30. The minimum absolute atomic E-state index is 0. The van der Waals surface area contributed by atoms with E-state index < -0.39 is 0 Å². The van der Waals surface area contributed by atoms with Gasteiger partial charge in [0.1, 0.15) is 6.10 Å². The van der Waals surface area contributed by atoms with Crippen LogP contribution in [0, 0.1) is 0 Å². The number of halogens is 1. The maximum Gasteiger partial charge on any atom is 0.251 e. The molecule has 0 radical (unpaired) electrons. The number of aliphatic imine (C=N–C) groups is 1. The van der Waals surface area contributed by atoms with Gasteiger partial charge in [-0.1, -0.05) is 30.3 Å². The van der Waals surface area contributed by atoms with Gasteiger partial charge in [0, 0.05) is 59.5 Å². The van der Waals surface area contributed by atoms with Crippen molar-refractivity contribution in [3.63, 3.8) is 0 Å². The number of carbonyl (C=O) groups is 1. The van der Waals surface area contributed by atoms with Crippen LogP contribution in [-0.4, -0.2) is 92.6 Å². The molecule has 0 aromatic heterocycles. The van der Waals surface area contributed by atoms with Crippen molar-refractivity contribution < 1.29 is 9.53 Å². The van der Waals surface area contributed by atoms with Crippen LogP contribution in [0.2, 0.25) is 0 Å². The highest BCUT2D eigenvalue weighted by molar-refractivity contribution is 14.0. The number of hydrogen-bond donors (Lipinski definition) is 1. The molecule has 0 bridgehead atoms. The number of amides is 1. The van der Waals surface area contributed by atoms with Crippen LogP contribution < -0.4 is 5.32 Å². The Kier molecular flexibility index (Phi) is 10.2. The monoisotopic (exact) mass is 515 g/mol. The summed E-state index contributed by atoms with van der Waals surface area (Å²) in [7, 11) is 3.95. The molecule has 1 aromatic carbocycles. The molecular formula is C21H34IN5O2. The van der Waals surface area contributed by atoms with Crippen LogP contribution in [0.5, 0.6) is 0 Å². The predicted octanol–water partition coefficient (Wildman–Crippen LogP) is 1.63. The first-order valence-electron chi connectivity index (χ1n) is 10.3. The predicted molar refractivity (Wildman–Crippen MR) is 127 cm³/mol. The van der Waals surface area contributed by atoms with Crippen molar-refractivity contribution in [3.8, 4) is 0 Å². The van der Waals surface area contributed by atoms with Gasteiger partial charge in [-0.3, -0.25) is 9.79 Å². The van der Waals surface area contributed by atoms with Gasteiger partial charge in [0.05, 0.1) is 0 Å². The van der Waals surface area contributed by atoms with E-state index in [9.17, 15) is 4.79 Å². The Hall–Kier alpha value is -1.39. The Labute approximate surface area is 191 Å². The summed E-state index contributed by atoms with van der Waals surface area (Å²) in [6, 6.07) is 10.5. The molecule has 2 saturated heterocycles. The largest absolute Gasteiger partial charge is 0.368 e. The van der Waals surface area contributed by atoms with Gasteiger partial charge in [0.2, 0.25) is 0 Å². The standard InChI is InChI=1S/C21H33N5O2.HI/c1-22-21(23-10-11-24(2)17-18-7-4-3-5-8-18)26-14-12-25(13-15-26)20(27)19-9-6-16-28-19;/h3-5,7-8,19H,6,9-17H2,1-2H3,(H,22,23);1H. The van der Waals surface area contributed by atoms with E-state index in [0.29, 0.717) is 6.61 Å². The van der Waals surface area contributed by atoms with Gasteiger partial charge in [0.15, 0.2) is 5.96 Å². The van der Waals surface area contributed by atoms with Crippen molar-refractivity contribution in [1.29, 1.82) is 0 Å².